The van der Waals surface area contributed by atoms with Crippen LogP contribution in [0.3, 0.4) is 0 Å². The largest absolute Gasteiger partial charge is 0.482 e. The summed E-state index contributed by atoms with van der Waals surface area (Å²) < 4.78 is 74.8. The molecule has 3 heterocycles. The highest BCUT2D eigenvalue weighted by molar-refractivity contribution is 7.18. The molecule has 4 aromatic rings. The van der Waals surface area contributed by atoms with Gasteiger partial charge >= 0.3 is 11.9 Å². The maximum absolute atomic E-state index is 14.3. The summed E-state index contributed by atoms with van der Waals surface area (Å²) in [6, 6.07) is 7.43. The molecule has 0 radical (unpaired) electrons. The maximum Gasteiger partial charge on any atom is 0.417 e. The van der Waals surface area contributed by atoms with Crippen LogP contribution >= 0.6 is 11.3 Å². The summed E-state index contributed by atoms with van der Waals surface area (Å²) in [5, 5.41) is 9.30. The molecule has 0 atom stereocenters. The predicted molar refractivity (Wildman–Crippen MR) is 120 cm³/mol. The monoisotopic (exact) mass is 520 g/mol. The van der Waals surface area contributed by atoms with E-state index in [2.05, 4.69) is 9.97 Å². The second-order valence-electron chi connectivity index (χ2n) is 7.35. The number of nitrogens with one attached hydrogen (secondary N) is 1. The van der Waals surface area contributed by atoms with Crippen molar-refractivity contribution in [1.29, 1.82) is 5.26 Å². The molecule has 0 aliphatic rings. The maximum atomic E-state index is 14.3. The molecule has 1 N–H and O–H groups in total. The first-order valence-corrected chi connectivity index (χ1v) is 10.8. The zero-order valence-corrected chi connectivity index (χ0v) is 18.9. The third kappa shape index (κ3) is 4.63. The Morgan fingerprint density at radius 1 is 1.14 bits per heavy atom. The molecule has 0 fully saturated rings. The topological polar surface area (TPSA) is 101 Å². The number of ether oxygens (including phenoxy) is 1. The zero-order chi connectivity index (χ0) is 26.2. The van der Waals surface area contributed by atoms with Crippen molar-refractivity contribution in [3.8, 4) is 33.0 Å². The van der Waals surface area contributed by atoms with Gasteiger partial charge in [0.15, 0.2) is 0 Å². The molecule has 0 amide bonds. The number of alkyl halides is 3. The summed E-state index contributed by atoms with van der Waals surface area (Å²) in [6.45, 7) is -0.566. The number of aromatic amines is 1. The predicted octanol–water partition coefficient (Wildman–Crippen LogP) is 4.55. The molecule has 4 rings (SSSR count). The molecule has 1 aromatic carbocycles. The molecule has 36 heavy (non-hydrogen) atoms. The molecule has 0 saturated heterocycles. The van der Waals surface area contributed by atoms with E-state index in [1.54, 1.807) is 0 Å². The lowest BCUT2D eigenvalue weighted by Crippen LogP contribution is -2.28. The fourth-order valence-electron chi connectivity index (χ4n) is 3.49. The Kier molecular flexibility index (Phi) is 6.47. The number of pyridine rings is 1. The summed E-state index contributed by atoms with van der Waals surface area (Å²) in [6.07, 6.45) is -3.81. The first-order chi connectivity index (χ1) is 17.0. The van der Waals surface area contributed by atoms with Gasteiger partial charge in [-0.3, -0.25) is 9.78 Å². The highest BCUT2D eigenvalue weighted by Gasteiger charge is 2.37. The summed E-state index contributed by atoms with van der Waals surface area (Å²) in [5.74, 6) is -1.83. The van der Waals surface area contributed by atoms with E-state index in [0.29, 0.717) is 22.6 Å². The molecule has 0 spiro atoms. The lowest BCUT2D eigenvalue weighted by Gasteiger charge is -2.17. The number of hydrogen-bond acceptors (Lipinski definition) is 6. The van der Waals surface area contributed by atoms with E-state index in [1.807, 2.05) is 0 Å². The standard InChI is InChI=1S/C23H13F5N4O3S/c1-35-20-14(9-30-22(34)31-20)18-4-5-19(36-18)17-7-15(23(26,27)28)13(8-29)21(33)32(17)10-11-2-3-12(24)6-16(11)25/h2-7,9H,10H2,1H3,(H,30,31,34). The number of thiophene rings is 1. The second kappa shape index (κ2) is 9.38. The minimum absolute atomic E-state index is 0.0602. The Balaban J connectivity index is 1.95. The van der Waals surface area contributed by atoms with Gasteiger partial charge in [0.25, 0.3) is 5.56 Å². The van der Waals surface area contributed by atoms with Crippen molar-refractivity contribution in [2.75, 3.05) is 7.11 Å². The van der Waals surface area contributed by atoms with Crippen molar-refractivity contribution in [1.82, 2.24) is 14.5 Å². The van der Waals surface area contributed by atoms with Crippen molar-refractivity contribution < 1.29 is 26.7 Å². The lowest BCUT2D eigenvalue weighted by atomic mass is 10.1. The van der Waals surface area contributed by atoms with E-state index in [0.717, 1.165) is 28.0 Å². The minimum Gasteiger partial charge on any atom is -0.482 e. The average molecular weight is 520 g/mol. The van der Waals surface area contributed by atoms with E-state index < -0.39 is 46.7 Å². The number of nitrogens with zero attached hydrogens (tertiary/aromatic N) is 3. The zero-order valence-electron chi connectivity index (χ0n) is 18.1. The Morgan fingerprint density at radius 3 is 2.50 bits per heavy atom. The SMILES string of the molecule is COc1[nH]c(=O)ncc1-c1ccc(-c2cc(C(F)(F)F)c(C#N)c(=O)n2Cc2ccc(F)cc2F)s1. The number of nitriles is 1. The summed E-state index contributed by atoms with van der Waals surface area (Å²) in [4.78, 5) is 31.1. The van der Waals surface area contributed by atoms with E-state index in [-0.39, 0.29) is 22.0 Å². The molecule has 13 heteroatoms. The van der Waals surface area contributed by atoms with Crippen molar-refractivity contribution in [2.45, 2.75) is 12.7 Å². The number of benzene rings is 1. The first-order valence-electron chi connectivity index (χ1n) is 9.96. The molecule has 184 valence electrons. The number of aromatic nitrogens is 3. The average Bonchev–Trinajstić information content (AvgIpc) is 3.30. The molecule has 0 saturated carbocycles. The molecular formula is C23H13F5N4O3S. The minimum atomic E-state index is -5.02. The number of H-pyrrole nitrogens is 1. The molecule has 0 aliphatic heterocycles. The van der Waals surface area contributed by atoms with Crippen LogP contribution in [0, 0.1) is 23.0 Å². The quantitative estimate of drug-likeness (QED) is 0.389. The van der Waals surface area contributed by atoms with Gasteiger partial charge < -0.3 is 9.30 Å². The summed E-state index contributed by atoms with van der Waals surface area (Å²) >= 11 is 0.942. The van der Waals surface area contributed by atoms with E-state index in [1.165, 1.54) is 31.5 Å². The second-order valence-corrected chi connectivity index (χ2v) is 8.44. The van der Waals surface area contributed by atoms with Gasteiger partial charge in [0.05, 0.1) is 35.4 Å². The van der Waals surface area contributed by atoms with Gasteiger partial charge in [0.2, 0.25) is 5.88 Å². The van der Waals surface area contributed by atoms with E-state index in [4.69, 9.17) is 4.74 Å². The van der Waals surface area contributed by atoms with Gasteiger partial charge in [0, 0.05) is 22.7 Å². The Bertz CT molecular complexity index is 1630. The van der Waals surface area contributed by atoms with Crippen LogP contribution in [0.5, 0.6) is 5.88 Å². The fraction of sp³-hybridized carbons (Fsp3) is 0.130. The Labute approximate surface area is 202 Å². The fourth-order valence-corrected chi connectivity index (χ4v) is 4.53. The van der Waals surface area contributed by atoms with Gasteiger partial charge in [-0.05, 0) is 24.3 Å². The molecule has 3 aromatic heterocycles. The highest BCUT2D eigenvalue weighted by atomic mass is 32.1. The van der Waals surface area contributed by atoms with Gasteiger partial charge in [-0.25, -0.2) is 18.6 Å². The van der Waals surface area contributed by atoms with Crippen LogP contribution in [0.25, 0.3) is 21.0 Å². The summed E-state index contributed by atoms with van der Waals surface area (Å²) in [7, 11) is 1.30. The number of rotatable bonds is 5. The van der Waals surface area contributed by atoms with Crippen LogP contribution in [0.2, 0.25) is 0 Å². The Hall–Kier alpha value is -4.31. The van der Waals surface area contributed by atoms with Crippen molar-refractivity contribution in [3.05, 3.63) is 91.8 Å². The van der Waals surface area contributed by atoms with Crippen LogP contribution in [0.15, 0.2) is 52.2 Å². The Morgan fingerprint density at radius 2 is 1.86 bits per heavy atom. The summed E-state index contributed by atoms with van der Waals surface area (Å²) in [5.41, 5.74) is -4.66. The smallest absolute Gasteiger partial charge is 0.417 e. The molecule has 0 unspecified atom stereocenters. The van der Waals surface area contributed by atoms with Gasteiger partial charge in [-0.2, -0.15) is 18.4 Å². The van der Waals surface area contributed by atoms with Crippen LogP contribution in [-0.4, -0.2) is 21.6 Å². The lowest BCUT2D eigenvalue weighted by molar-refractivity contribution is -0.137. The number of hydrogen-bond donors (Lipinski definition) is 1. The first kappa shape index (κ1) is 24.8. The van der Waals surface area contributed by atoms with Crippen LogP contribution in [-0.2, 0) is 12.7 Å². The third-order valence-corrected chi connectivity index (χ3v) is 6.31. The van der Waals surface area contributed by atoms with Crippen molar-refractivity contribution in [3.63, 3.8) is 0 Å². The van der Waals surface area contributed by atoms with Gasteiger partial charge in [0.1, 0.15) is 23.3 Å². The van der Waals surface area contributed by atoms with Crippen molar-refractivity contribution in [2.24, 2.45) is 0 Å². The van der Waals surface area contributed by atoms with E-state index in [9.17, 15) is 36.8 Å². The number of methoxy groups -OCH3 is 1. The molecule has 0 bridgehead atoms. The van der Waals surface area contributed by atoms with Crippen molar-refractivity contribution >= 4 is 11.3 Å². The van der Waals surface area contributed by atoms with Gasteiger partial charge in [-0.15, -0.1) is 11.3 Å². The van der Waals surface area contributed by atoms with Crippen LogP contribution in [0.1, 0.15) is 16.7 Å². The van der Waals surface area contributed by atoms with E-state index >= 15 is 0 Å². The molecule has 7 nitrogen and oxygen atoms in total. The molecular weight excluding hydrogens is 507 g/mol. The normalized spacial score (nSPS) is 11.4. The number of halogens is 5. The van der Waals surface area contributed by atoms with Gasteiger partial charge in [-0.1, -0.05) is 6.07 Å². The molecule has 0 aliphatic carbocycles. The van der Waals surface area contributed by atoms with Crippen LogP contribution < -0.4 is 16.0 Å². The third-order valence-electron chi connectivity index (χ3n) is 5.17. The van der Waals surface area contributed by atoms with Crippen LogP contribution in [0.4, 0.5) is 22.0 Å². The highest BCUT2D eigenvalue weighted by Crippen LogP contribution is 2.39.